The molecule has 0 amide bonds. The average Bonchev–Trinajstić information content (AvgIpc) is 2.46. The van der Waals surface area contributed by atoms with Gasteiger partial charge in [0.05, 0.1) is 12.2 Å². The van der Waals surface area contributed by atoms with Crippen LogP contribution in [0.5, 0.6) is 5.75 Å². The van der Waals surface area contributed by atoms with Gasteiger partial charge in [-0.15, -0.1) is 0 Å². The topological polar surface area (TPSA) is 9.23 Å². The van der Waals surface area contributed by atoms with Gasteiger partial charge >= 0.3 is 6.18 Å². The second kappa shape index (κ2) is 6.37. The predicted octanol–water partition coefficient (Wildman–Crippen LogP) is 5.43. The zero-order valence-electron chi connectivity index (χ0n) is 11.2. The Hall–Kier alpha value is -0.710. The van der Waals surface area contributed by atoms with Gasteiger partial charge in [0.2, 0.25) is 0 Å². The molecule has 0 saturated heterocycles. The molecular formula is C15H18BrF3O. The van der Waals surface area contributed by atoms with Crippen molar-refractivity contribution in [3.05, 3.63) is 29.8 Å². The van der Waals surface area contributed by atoms with E-state index in [9.17, 15) is 13.2 Å². The first-order valence-electron chi connectivity index (χ1n) is 6.81. The lowest BCUT2D eigenvalue weighted by atomic mass is 9.76. The molecule has 1 aliphatic carbocycles. The smallest absolute Gasteiger partial charge is 0.416 e. The van der Waals surface area contributed by atoms with Gasteiger partial charge in [-0.05, 0) is 31.0 Å². The van der Waals surface area contributed by atoms with Crippen LogP contribution in [0.4, 0.5) is 13.2 Å². The molecule has 0 heterocycles. The van der Waals surface area contributed by atoms with Crippen molar-refractivity contribution in [3.63, 3.8) is 0 Å². The number of benzene rings is 1. The van der Waals surface area contributed by atoms with Crippen LogP contribution in [0.1, 0.15) is 37.7 Å². The zero-order valence-corrected chi connectivity index (χ0v) is 12.8. The van der Waals surface area contributed by atoms with Crippen LogP contribution in [-0.4, -0.2) is 11.9 Å². The van der Waals surface area contributed by atoms with Crippen molar-refractivity contribution in [1.29, 1.82) is 0 Å². The Bertz CT molecular complexity index is 439. The summed E-state index contributed by atoms with van der Waals surface area (Å²) in [6.07, 6.45) is 1.37. The third-order valence-corrected chi connectivity index (χ3v) is 5.09. The number of hydrogen-bond acceptors (Lipinski definition) is 1. The van der Waals surface area contributed by atoms with Crippen LogP contribution >= 0.6 is 15.9 Å². The zero-order chi connectivity index (χ0) is 14.6. The number of rotatable bonds is 4. The van der Waals surface area contributed by atoms with E-state index in [4.69, 9.17) is 4.74 Å². The van der Waals surface area contributed by atoms with Crippen LogP contribution in [0.3, 0.4) is 0 Å². The third kappa shape index (κ3) is 3.90. The molecule has 1 aliphatic rings. The highest BCUT2D eigenvalue weighted by molar-refractivity contribution is 9.09. The molecule has 0 bridgehead atoms. The molecule has 1 saturated carbocycles. The van der Waals surface area contributed by atoms with Crippen LogP contribution in [-0.2, 0) is 6.18 Å². The van der Waals surface area contributed by atoms with Crippen molar-refractivity contribution in [2.24, 2.45) is 5.41 Å². The SMILES string of the molecule is FC(F)(F)c1cccc(OCC2(CBr)CCCCC2)c1. The maximum Gasteiger partial charge on any atom is 0.416 e. The van der Waals surface area contributed by atoms with E-state index in [1.165, 1.54) is 12.5 Å². The minimum absolute atomic E-state index is 0.0620. The van der Waals surface area contributed by atoms with Crippen molar-refractivity contribution in [1.82, 2.24) is 0 Å². The van der Waals surface area contributed by atoms with Gasteiger partial charge in [0.15, 0.2) is 0 Å². The van der Waals surface area contributed by atoms with Gasteiger partial charge < -0.3 is 4.74 Å². The highest BCUT2D eigenvalue weighted by Crippen LogP contribution is 2.39. The number of halogens is 4. The molecule has 112 valence electrons. The summed E-state index contributed by atoms with van der Waals surface area (Å²) >= 11 is 3.53. The Morgan fingerprint density at radius 3 is 2.45 bits per heavy atom. The van der Waals surface area contributed by atoms with Crippen LogP contribution in [0.2, 0.25) is 0 Å². The molecule has 1 fully saturated rings. The molecular weight excluding hydrogens is 333 g/mol. The molecule has 2 rings (SSSR count). The van der Waals surface area contributed by atoms with E-state index < -0.39 is 11.7 Å². The van der Waals surface area contributed by atoms with Crippen molar-refractivity contribution < 1.29 is 17.9 Å². The summed E-state index contributed by atoms with van der Waals surface area (Å²) in [6.45, 7) is 0.472. The van der Waals surface area contributed by atoms with Crippen molar-refractivity contribution in [2.75, 3.05) is 11.9 Å². The van der Waals surface area contributed by atoms with Gasteiger partial charge in [-0.3, -0.25) is 0 Å². The Morgan fingerprint density at radius 1 is 1.15 bits per heavy atom. The lowest BCUT2D eigenvalue weighted by Gasteiger charge is -2.35. The van der Waals surface area contributed by atoms with E-state index in [1.807, 2.05) is 0 Å². The first-order valence-corrected chi connectivity index (χ1v) is 7.93. The number of ether oxygens (including phenoxy) is 1. The Labute approximate surface area is 125 Å². The van der Waals surface area contributed by atoms with E-state index in [0.717, 1.165) is 43.1 Å². The predicted molar refractivity (Wildman–Crippen MR) is 76.3 cm³/mol. The molecule has 0 aromatic heterocycles. The molecule has 0 N–H and O–H groups in total. The molecule has 0 atom stereocenters. The maximum absolute atomic E-state index is 12.6. The van der Waals surface area contributed by atoms with Crippen LogP contribution in [0.15, 0.2) is 24.3 Å². The fraction of sp³-hybridized carbons (Fsp3) is 0.600. The van der Waals surface area contributed by atoms with E-state index in [1.54, 1.807) is 6.07 Å². The van der Waals surface area contributed by atoms with Crippen molar-refractivity contribution in [2.45, 2.75) is 38.3 Å². The first kappa shape index (κ1) is 15.7. The molecule has 5 heteroatoms. The number of hydrogen-bond donors (Lipinski definition) is 0. The Morgan fingerprint density at radius 2 is 1.85 bits per heavy atom. The summed E-state index contributed by atoms with van der Waals surface area (Å²) in [4.78, 5) is 0. The summed E-state index contributed by atoms with van der Waals surface area (Å²) in [5.74, 6) is 0.297. The van der Waals surface area contributed by atoms with E-state index in [2.05, 4.69) is 15.9 Å². The molecule has 0 aliphatic heterocycles. The van der Waals surface area contributed by atoms with Gasteiger partial charge in [-0.25, -0.2) is 0 Å². The minimum Gasteiger partial charge on any atom is -0.493 e. The lowest BCUT2D eigenvalue weighted by molar-refractivity contribution is -0.137. The van der Waals surface area contributed by atoms with Crippen LogP contribution in [0, 0.1) is 5.41 Å². The first-order chi connectivity index (χ1) is 9.45. The van der Waals surface area contributed by atoms with E-state index in [-0.39, 0.29) is 5.41 Å². The minimum atomic E-state index is -4.32. The number of alkyl halides is 4. The van der Waals surface area contributed by atoms with Crippen molar-refractivity contribution in [3.8, 4) is 5.75 Å². The molecule has 1 aromatic carbocycles. The van der Waals surface area contributed by atoms with Gasteiger partial charge in [-0.1, -0.05) is 41.3 Å². The summed E-state index contributed by atoms with van der Waals surface area (Å²) in [5, 5.41) is 0.832. The van der Waals surface area contributed by atoms with Gasteiger partial charge in [-0.2, -0.15) is 13.2 Å². The monoisotopic (exact) mass is 350 g/mol. The van der Waals surface area contributed by atoms with Gasteiger partial charge in [0, 0.05) is 10.7 Å². The van der Waals surface area contributed by atoms with Gasteiger partial charge in [0.25, 0.3) is 0 Å². The highest BCUT2D eigenvalue weighted by atomic mass is 79.9. The average molecular weight is 351 g/mol. The molecule has 0 radical (unpaired) electrons. The fourth-order valence-electron chi connectivity index (χ4n) is 2.62. The molecule has 0 spiro atoms. The molecule has 1 aromatic rings. The normalized spacial score (nSPS) is 18.8. The summed E-state index contributed by atoms with van der Waals surface area (Å²) in [6, 6.07) is 5.11. The quantitative estimate of drug-likeness (QED) is 0.658. The summed E-state index contributed by atoms with van der Waals surface area (Å²) < 4.78 is 43.6. The largest absolute Gasteiger partial charge is 0.493 e. The Balaban J connectivity index is 2.03. The van der Waals surface area contributed by atoms with E-state index >= 15 is 0 Å². The second-order valence-corrected chi connectivity index (χ2v) is 6.07. The second-order valence-electron chi connectivity index (χ2n) is 5.51. The summed E-state index contributed by atoms with van der Waals surface area (Å²) in [7, 11) is 0. The fourth-order valence-corrected chi connectivity index (χ4v) is 3.34. The molecule has 1 nitrogen and oxygen atoms in total. The van der Waals surface area contributed by atoms with E-state index in [0.29, 0.717) is 12.4 Å². The molecule has 20 heavy (non-hydrogen) atoms. The third-order valence-electron chi connectivity index (χ3n) is 3.90. The standard InChI is InChI=1S/C15H18BrF3O/c16-10-14(7-2-1-3-8-14)11-20-13-6-4-5-12(9-13)15(17,18)19/h4-6,9H,1-3,7-8,10-11H2. The molecule has 0 unspecified atom stereocenters. The Kier molecular flexibility index (Phi) is 4.99. The lowest BCUT2D eigenvalue weighted by Crippen LogP contribution is -2.32. The van der Waals surface area contributed by atoms with Gasteiger partial charge in [0.1, 0.15) is 5.75 Å². The van der Waals surface area contributed by atoms with Crippen molar-refractivity contribution >= 4 is 15.9 Å². The van der Waals surface area contributed by atoms with Crippen LogP contribution < -0.4 is 4.74 Å². The highest BCUT2D eigenvalue weighted by Gasteiger charge is 2.33. The summed E-state index contributed by atoms with van der Waals surface area (Å²) in [5.41, 5.74) is -0.599. The van der Waals surface area contributed by atoms with Crippen LogP contribution in [0.25, 0.3) is 0 Å². The maximum atomic E-state index is 12.6.